The van der Waals surface area contributed by atoms with Crippen LogP contribution in [0.15, 0.2) is 47.4 Å². The highest BCUT2D eigenvalue weighted by molar-refractivity contribution is 5.77. The average Bonchev–Trinajstić information content (AvgIpc) is 3.61. The average molecular weight is 544 g/mol. The van der Waals surface area contributed by atoms with Crippen molar-refractivity contribution in [3.05, 3.63) is 64.2 Å². The van der Waals surface area contributed by atoms with Crippen LogP contribution < -0.4 is 15.6 Å². The van der Waals surface area contributed by atoms with Crippen molar-refractivity contribution in [2.75, 3.05) is 25.5 Å². The Hall–Kier alpha value is -3.76. The fourth-order valence-electron chi connectivity index (χ4n) is 5.35. The lowest BCUT2D eigenvalue weighted by Gasteiger charge is -2.38. The van der Waals surface area contributed by atoms with Gasteiger partial charge in [-0.05, 0) is 96.3 Å². The van der Waals surface area contributed by atoms with Crippen molar-refractivity contribution in [1.82, 2.24) is 29.2 Å². The predicted molar refractivity (Wildman–Crippen MR) is 155 cm³/mol. The van der Waals surface area contributed by atoms with Crippen molar-refractivity contribution >= 4 is 22.7 Å². The minimum absolute atomic E-state index is 0.144. The first-order valence-electron chi connectivity index (χ1n) is 14.0. The number of aryl methyl sites for hydroxylation is 1. The van der Waals surface area contributed by atoms with E-state index < -0.39 is 5.60 Å². The molecule has 2 aliphatic rings. The maximum atomic E-state index is 13.4. The van der Waals surface area contributed by atoms with Gasteiger partial charge in [0, 0.05) is 31.0 Å². The SMILES string of the molecule is Cc1cc(Nc2ncc3c(=O)n(C(C)C)n(-c4cccc(C5(O)CC5)n4)c3n2)ccc1OC1(C)CCN(C)CC1. The number of nitrogens with one attached hydrogen (secondary N) is 1. The van der Waals surface area contributed by atoms with Gasteiger partial charge in [0.25, 0.3) is 5.56 Å². The van der Waals surface area contributed by atoms with E-state index >= 15 is 0 Å². The first-order valence-corrected chi connectivity index (χ1v) is 14.0. The number of ether oxygens (including phenoxy) is 1. The fourth-order valence-corrected chi connectivity index (χ4v) is 5.35. The monoisotopic (exact) mass is 543 g/mol. The van der Waals surface area contributed by atoms with E-state index in [-0.39, 0.29) is 17.2 Å². The zero-order valence-electron chi connectivity index (χ0n) is 23.8. The number of anilines is 2. The van der Waals surface area contributed by atoms with Crippen LogP contribution in [0.5, 0.6) is 5.75 Å². The van der Waals surface area contributed by atoms with Gasteiger partial charge in [-0.25, -0.2) is 19.3 Å². The van der Waals surface area contributed by atoms with Gasteiger partial charge in [-0.3, -0.25) is 4.79 Å². The summed E-state index contributed by atoms with van der Waals surface area (Å²) in [5.41, 5.74) is 1.66. The molecule has 0 unspecified atom stereocenters. The molecular weight excluding hydrogens is 506 g/mol. The predicted octanol–water partition coefficient (Wildman–Crippen LogP) is 4.45. The number of piperidine rings is 1. The smallest absolute Gasteiger partial charge is 0.278 e. The minimum atomic E-state index is -0.887. The van der Waals surface area contributed by atoms with Crippen molar-refractivity contribution in [2.45, 2.75) is 70.6 Å². The van der Waals surface area contributed by atoms with Gasteiger partial charge in [0.15, 0.2) is 11.5 Å². The summed E-state index contributed by atoms with van der Waals surface area (Å²) >= 11 is 0. The van der Waals surface area contributed by atoms with Gasteiger partial charge in [0.1, 0.15) is 22.3 Å². The van der Waals surface area contributed by atoms with Crippen LogP contribution in [-0.4, -0.2) is 60.1 Å². The molecule has 1 aliphatic heterocycles. The van der Waals surface area contributed by atoms with Crippen LogP contribution in [-0.2, 0) is 5.60 Å². The normalized spacial score (nSPS) is 18.3. The maximum Gasteiger partial charge on any atom is 0.278 e. The van der Waals surface area contributed by atoms with Crippen LogP contribution >= 0.6 is 0 Å². The van der Waals surface area contributed by atoms with E-state index in [1.54, 1.807) is 15.6 Å². The molecule has 0 radical (unpaired) electrons. The van der Waals surface area contributed by atoms with Crippen molar-refractivity contribution in [3.8, 4) is 11.6 Å². The Bertz CT molecular complexity index is 1630. The van der Waals surface area contributed by atoms with Gasteiger partial charge in [-0.1, -0.05) is 6.07 Å². The Morgan fingerprint density at radius 1 is 1.07 bits per heavy atom. The second-order valence-corrected chi connectivity index (χ2v) is 11.9. The minimum Gasteiger partial charge on any atom is -0.487 e. The molecule has 6 rings (SSSR count). The summed E-state index contributed by atoms with van der Waals surface area (Å²) in [7, 11) is 2.15. The van der Waals surface area contributed by atoms with Gasteiger partial charge in [0.2, 0.25) is 5.95 Å². The number of fused-ring (bicyclic) bond motifs is 1. The highest BCUT2D eigenvalue weighted by Gasteiger charge is 2.43. The molecule has 1 saturated carbocycles. The number of aromatic nitrogens is 5. The first-order chi connectivity index (χ1) is 19.1. The Labute approximate surface area is 233 Å². The summed E-state index contributed by atoms with van der Waals surface area (Å²) in [6, 6.07) is 11.3. The number of hydrogen-bond donors (Lipinski definition) is 2. The third-order valence-corrected chi connectivity index (χ3v) is 8.10. The van der Waals surface area contributed by atoms with Gasteiger partial charge in [0.05, 0.1) is 5.69 Å². The molecule has 0 atom stereocenters. The van der Waals surface area contributed by atoms with E-state index in [1.807, 2.05) is 57.2 Å². The molecule has 10 heteroatoms. The van der Waals surface area contributed by atoms with Gasteiger partial charge >= 0.3 is 0 Å². The molecule has 1 aliphatic carbocycles. The molecule has 3 aromatic heterocycles. The van der Waals surface area contributed by atoms with Crippen LogP contribution in [0, 0.1) is 6.92 Å². The molecular formula is C30H37N7O3. The summed E-state index contributed by atoms with van der Waals surface area (Å²) < 4.78 is 9.84. The number of likely N-dealkylation sites (tertiary alicyclic amines) is 1. The molecule has 2 fully saturated rings. The molecule has 0 bridgehead atoms. The number of nitrogens with zero attached hydrogens (tertiary/aromatic N) is 6. The van der Waals surface area contributed by atoms with E-state index in [2.05, 4.69) is 29.2 Å². The maximum absolute atomic E-state index is 13.4. The molecule has 10 nitrogen and oxygen atoms in total. The van der Waals surface area contributed by atoms with Crippen molar-refractivity contribution in [1.29, 1.82) is 0 Å². The molecule has 1 saturated heterocycles. The van der Waals surface area contributed by atoms with E-state index in [0.717, 1.165) is 42.9 Å². The Morgan fingerprint density at radius 2 is 1.82 bits per heavy atom. The molecule has 40 heavy (non-hydrogen) atoms. The molecule has 4 aromatic rings. The number of aliphatic hydroxyl groups is 1. The van der Waals surface area contributed by atoms with Crippen LogP contribution in [0.2, 0.25) is 0 Å². The topological polar surface area (TPSA) is 110 Å². The lowest BCUT2D eigenvalue weighted by atomic mass is 9.93. The number of hydrogen-bond acceptors (Lipinski definition) is 8. The van der Waals surface area contributed by atoms with E-state index in [9.17, 15) is 9.90 Å². The van der Waals surface area contributed by atoms with E-state index in [1.165, 1.54) is 0 Å². The zero-order chi connectivity index (χ0) is 28.2. The Kier molecular flexibility index (Phi) is 6.42. The van der Waals surface area contributed by atoms with Crippen LogP contribution in [0.25, 0.3) is 16.9 Å². The van der Waals surface area contributed by atoms with Crippen molar-refractivity contribution < 1.29 is 9.84 Å². The van der Waals surface area contributed by atoms with Gasteiger partial charge in [-0.15, -0.1) is 0 Å². The highest BCUT2D eigenvalue weighted by atomic mass is 16.5. The number of pyridine rings is 1. The van der Waals surface area contributed by atoms with Crippen LogP contribution in [0.1, 0.15) is 63.8 Å². The summed E-state index contributed by atoms with van der Waals surface area (Å²) in [6.45, 7) is 10.2. The summed E-state index contributed by atoms with van der Waals surface area (Å²) in [5, 5.41) is 14.3. The van der Waals surface area contributed by atoms with Gasteiger partial charge in [-0.2, -0.15) is 4.98 Å². The second-order valence-electron chi connectivity index (χ2n) is 11.9. The fraction of sp³-hybridized carbons (Fsp3) is 0.467. The van der Waals surface area contributed by atoms with E-state index in [4.69, 9.17) is 14.7 Å². The molecule has 0 amide bonds. The van der Waals surface area contributed by atoms with Crippen molar-refractivity contribution in [2.24, 2.45) is 0 Å². The lowest BCUT2D eigenvalue weighted by molar-refractivity contribution is 0.0235. The number of benzene rings is 1. The Balaban J connectivity index is 1.32. The summed E-state index contributed by atoms with van der Waals surface area (Å²) in [5.74, 6) is 1.78. The largest absolute Gasteiger partial charge is 0.487 e. The zero-order valence-corrected chi connectivity index (χ0v) is 23.8. The molecule has 0 spiro atoms. The van der Waals surface area contributed by atoms with Gasteiger partial charge < -0.3 is 20.1 Å². The lowest BCUT2D eigenvalue weighted by Crippen LogP contribution is -2.44. The first kappa shape index (κ1) is 26.5. The Morgan fingerprint density at radius 3 is 2.50 bits per heavy atom. The number of rotatable bonds is 7. The van der Waals surface area contributed by atoms with Crippen molar-refractivity contribution in [3.63, 3.8) is 0 Å². The standard InChI is InChI=1S/C30H37N7O3/c1-19(2)36-27(38)22-18-31-28(34-26(22)37(36)25-8-6-7-24(33-25)30(39)11-12-30)32-21-9-10-23(20(3)17-21)40-29(4)13-15-35(5)16-14-29/h6-10,17-19,39H,11-16H2,1-5H3,(H,31,32,34). The third kappa shape index (κ3) is 4.86. The quantitative estimate of drug-likeness (QED) is 0.352. The highest BCUT2D eigenvalue weighted by Crippen LogP contribution is 2.44. The summed E-state index contributed by atoms with van der Waals surface area (Å²) in [4.78, 5) is 29.6. The van der Waals surface area contributed by atoms with E-state index in [0.29, 0.717) is 41.3 Å². The second kappa shape index (κ2) is 9.71. The summed E-state index contributed by atoms with van der Waals surface area (Å²) in [6.07, 6.45) is 4.91. The third-order valence-electron chi connectivity index (χ3n) is 8.10. The molecule has 4 heterocycles. The molecule has 1 aromatic carbocycles. The molecule has 2 N–H and O–H groups in total. The van der Waals surface area contributed by atoms with Crippen LogP contribution in [0.3, 0.4) is 0 Å². The molecule has 210 valence electrons. The van der Waals surface area contributed by atoms with Crippen LogP contribution in [0.4, 0.5) is 11.6 Å².